The average Bonchev–Trinajstić information content (AvgIpc) is 2.02. The summed E-state index contributed by atoms with van der Waals surface area (Å²) in [5.74, 6) is -0.579. The van der Waals surface area contributed by atoms with E-state index in [-0.39, 0.29) is 11.8 Å². The number of carbonyl (C=O) groups is 1. The standard InChI is InChI=1S/C9H18O3/c1-6(5-12-4)7(2)8(3)9(10)11/h6-8H,5H2,1-4H3,(H,10,11). The van der Waals surface area contributed by atoms with Gasteiger partial charge in [0.2, 0.25) is 0 Å². The number of methoxy groups -OCH3 is 1. The van der Waals surface area contributed by atoms with E-state index >= 15 is 0 Å². The number of carboxylic acid groups (broad SMARTS) is 1. The van der Waals surface area contributed by atoms with Crippen molar-refractivity contribution in [3.8, 4) is 0 Å². The van der Waals surface area contributed by atoms with Gasteiger partial charge in [-0.15, -0.1) is 0 Å². The highest BCUT2D eigenvalue weighted by Gasteiger charge is 2.24. The highest BCUT2D eigenvalue weighted by molar-refractivity contribution is 5.69. The van der Waals surface area contributed by atoms with E-state index < -0.39 is 5.97 Å². The summed E-state index contributed by atoms with van der Waals surface area (Å²) in [5.41, 5.74) is 0. The van der Waals surface area contributed by atoms with Gasteiger partial charge in [0.25, 0.3) is 0 Å². The van der Waals surface area contributed by atoms with Crippen molar-refractivity contribution in [2.75, 3.05) is 13.7 Å². The van der Waals surface area contributed by atoms with Gasteiger partial charge >= 0.3 is 5.97 Å². The Bertz CT molecular complexity index is 145. The fraction of sp³-hybridized carbons (Fsp3) is 0.889. The quantitative estimate of drug-likeness (QED) is 0.689. The van der Waals surface area contributed by atoms with Crippen LogP contribution in [0.5, 0.6) is 0 Å². The maximum atomic E-state index is 10.6. The minimum atomic E-state index is -0.731. The fourth-order valence-corrected chi connectivity index (χ4v) is 1.13. The van der Waals surface area contributed by atoms with Crippen LogP contribution in [-0.4, -0.2) is 24.8 Å². The Hall–Kier alpha value is -0.570. The highest BCUT2D eigenvalue weighted by atomic mass is 16.5. The van der Waals surface area contributed by atoms with Gasteiger partial charge in [-0.05, 0) is 11.8 Å². The van der Waals surface area contributed by atoms with Gasteiger partial charge in [-0.2, -0.15) is 0 Å². The van der Waals surface area contributed by atoms with E-state index in [9.17, 15) is 4.79 Å². The normalized spacial score (nSPS) is 18.3. The molecule has 1 N–H and O–H groups in total. The molecule has 0 aliphatic carbocycles. The molecule has 12 heavy (non-hydrogen) atoms. The van der Waals surface area contributed by atoms with Crippen molar-refractivity contribution in [3.05, 3.63) is 0 Å². The average molecular weight is 174 g/mol. The molecule has 0 rings (SSSR count). The molecular weight excluding hydrogens is 156 g/mol. The lowest BCUT2D eigenvalue weighted by atomic mass is 9.85. The minimum Gasteiger partial charge on any atom is -0.481 e. The first-order valence-corrected chi connectivity index (χ1v) is 4.22. The molecule has 3 nitrogen and oxygen atoms in total. The van der Waals surface area contributed by atoms with E-state index in [1.54, 1.807) is 14.0 Å². The Morgan fingerprint density at radius 2 is 1.92 bits per heavy atom. The summed E-state index contributed by atoms with van der Waals surface area (Å²) in [6.45, 7) is 6.31. The third-order valence-corrected chi connectivity index (χ3v) is 2.51. The van der Waals surface area contributed by atoms with Crippen LogP contribution in [0.3, 0.4) is 0 Å². The first-order chi connectivity index (χ1) is 5.50. The molecule has 0 spiro atoms. The monoisotopic (exact) mass is 174 g/mol. The summed E-state index contributed by atoms with van der Waals surface area (Å²) in [6, 6.07) is 0. The first kappa shape index (κ1) is 11.4. The number of carboxylic acids is 1. The van der Waals surface area contributed by atoms with Crippen molar-refractivity contribution >= 4 is 5.97 Å². The molecule has 0 amide bonds. The van der Waals surface area contributed by atoms with Gasteiger partial charge in [0.15, 0.2) is 0 Å². The molecule has 0 aliphatic rings. The van der Waals surface area contributed by atoms with Gasteiger partial charge in [-0.3, -0.25) is 4.79 Å². The third kappa shape index (κ3) is 3.22. The zero-order valence-electron chi connectivity index (χ0n) is 8.20. The van der Waals surface area contributed by atoms with Gasteiger partial charge in [0.05, 0.1) is 5.92 Å². The van der Waals surface area contributed by atoms with Gasteiger partial charge in [-0.25, -0.2) is 0 Å². The summed E-state index contributed by atoms with van der Waals surface area (Å²) in [5, 5.41) is 8.73. The molecule has 3 unspecified atom stereocenters. The zero-order valence-corrected chi connectivity index (χ0v) is 8.20. The largest absolute Gasteiger partial charge is 0.481 e. The zero-order chi connectivity index (χ0) is 9.72. The molecule has 0 bridgehead atoms. The van der Waals surface area contributed by atoms with Crippen molar-refractivity contribution < 1.29 is 14.6 Å². The second-order valence-corrected chi connectivity index (χ2v) is 3.42. The minimum absolute atomic E-state index is 0.155. The first-order valence-electron chi connectivity index (χ1n) is 4.22. The van der Waals surface area contributed by atoms with E-state index in [0.717, 1.165) is 0 Å². The molecule has 0 saturated carbocycles. The van der Waals surface area contributed by atoms with E-state index in [1.807, 2.05) is 13.8 Å². The summed E-state index contributed by atoms with van der Waals surface area (Å²) in [6.07, 6.45) is 0. The lowest BCUT2D eigenvalue weighted by Crippen LogP contribution is -2.25. The van der Waals surface area contributed by atoms with Crippen LogP contribution in [0.15, 0.2) is 0 Å². The Morgan fingerprint density at radius 1 is 1.42 bits per heavy atom. The molecule has 0 aromatic rings. The Balaban J connectivity index is 3.99. The molecule has 0 heterocycles. The van der Waals surface area contributed by atoms with Crippen molar-refractivity contribution in [2.24, 2.45) is 17.8 Å². The highest BCUT2D eigenvalue weighted by Crippen LogP contribution is 2.20. The SMILES string of the molecule is COCC(C)C(C)C(C)C(=O)O. The second kappa shape index (κ2) is 5.14. The molecule has 0 radical (unpaired) electrons. The van der Waals surface area contributed by atoms with E-state index in [0.29, 0.717) is 12.5 Å². The van der Waals surface area contributed by atoms with Crippen molar-refractivity contribution in [3.63, 3.8) is 0 Å². The van der Waals surface area contributed by atoms with Crippen molar-refractivity contribution in [2.45, 2.75) is 20.8 Å². The third-order valence-electron chi connectivity index (χ3n) is 2.51. The predicted molar refractivity (Wildman–Crippen MR) is 47.0 cm³/mol. The number of hydrogen-bond acceptors (Lipinski definition) is 2. The lowest BCUT2D eigenvalue weighted by Gasteiger charge is -2.22. The van der Waals surface area contributed by atoms with Crippen LogP contribution in [0, 0.1) is 17.8 Å². The molecular formula is C9H18O3. The maximum Gasteiger partial charge on any atom is 0.306 e. The Morgan fingerprint density at radius 3 is 2.25 bits per heavy atom. The summed E-state index contributed by atoms with van der Waals surface area (Å²) in [4.78, 5) is 10.6. The number of ether oxygens (including phenoxy) is 1. The van der Waals surface area contributed by atoms with Crippen LogP contribution in [0.4, 0.5) is 0 Å². The molecule has 3 atom stereocenters. The van der Waals surface area contributed by atoms with Crippen LogP contribution in [0.2, 0.25) is 0 Å². The van der Waals surface area contributed by atoms with E-state index in [4.69, 9.17) is 9.84 Å². The lowest BCUT2D eigenvalue weighted by molar-refractivity contribution is -0.143. The van der Waals surface area contributed by atoms with Crippen molar-refractivity contribution in [1.29, 1.82) is 0 Å². The van der Waals surface area contributed by atoms with Crippen LogP contribution >= 0.6 is 0 Å². The number of hydrogen-bond donors (Lipinski definition) is 1. The summed E-state index contributed by atoms with van der Waals surface area (Å²) >= 11 is 0. The molecule has 0 aliphatic heterocycles. The molecule has 0 aromatic heterocycles. The van der Waals surface area contributed by atoms with Crippen molar-refractivity contribution in [1.82, 2.24) is 0 Å². The molecule has 3 heteroatoms. The Kier molecular flexibility index (Phi) is 4.90. The van der Waals surface area contributed by atoms with Gasteiger partial charge in [0.1, 0.15) is 0 Å². The summed E-state index contributed by atoms with van der Waals surface area (Å²) < 4.78 is 4.96. The topological polar surface area (TPSA) is 46.5 Å². The van der Waals surface area contributed by atoms with Crippen LogP contribution < -0.4 is 0 Å². The van der Waals surface area contributed by atoms with E-state index in [2.05, 4.69) is 0 Å². The number of rotatable bonds is 5. The predicted octanol–water partition coefficient (Wildman–Crippen LogP) is 1.63. The fourth-order valence-electron chi connectivity index (χ4n) is 1.13. The molecule has 0 fully saturated rings. The second-order valence-electron chi connectivity index (χ2n) is 3.42. The maximum absolute atomic E-state index is 10.6. The van der Waals surface area contributed by atoms with Gasteiger partial charge < -0.3 is 9.84 Å². The van der Waals surface area contributed by atoms with Crippen LogP contribution in [0.25, 0.3) is 0 Å². The van der Waals surface area contributed by atoms with Gasteiger partial charge in [0, 0.05) is 13.7 Å². The molecule has 0 aromatic carbocycles. The van der Waals surface area contributed by atoms with Crippen LogP contribution in [0.1, 0.15) is 20.8 Å². The summed E-state index contributed by atoms with van der Waals surface area (Å²) in [7, 11) is 1.63. The molecule has 72 valence electrons. The number of aliphatic carboxylic acids is 1. The molecule has 0 saturated heterocycles. The van der Waals surface area contributed by atoms with Gasteiger partial charge in [-0.1, -0.05) is 20.8 Å². The van der Waals surface area contributed by atoms with Crippen LogP contribution in [-0.2, 0) is 9.53 Å². The smallest absolute Gasteiger partial charge is 0.306 e. The Labute approximate surface area is 73.7 Å². The van der Waals surface area contributed by atoms with E-state index in [1.165, 1.54) is 0 Å².